The smallest absolute Gasteiger partial charge is 0.304 e. The van der Waals surface area contributed by atoms with Gasteiger partial charge in [-0.1, -0.05) is 0 Å². The number of carbonyl (C=O) groups excluding carboxylic acids is 1. The van der Waals surface area contributed by atoms with Gasteiger partial charge in [0.15, 0.2) is 5.13 Å². The number of thiazole rings is 1. The quantitative estimate of drug-likeness (QED) is 0.452. The highest BCUT2D eigenvalue weighted by atomic mass is 32.2. The number of nitrogens with zero attached hydrogens (tertiary/aromatic N) is 3. The monoisotopic (exact) mass is 513 g/mol. The first-order valence-corrected chi connectivity index (χ1v) is 13.0. The van der Waals surface area contributed by atoms with Crippen LogP contribution in [0.3, 0.4) is 0 Å². The fraction of sp³-hybridized carbons (Fsp3) is 0.158. The molecule has 0 aliphatic rings. The Bertz CT molecular complexity index is 1310. The fourth-order valence-electron chi connectivity index (χ4n) is 2.61. The summed E-state index contributed by atoms with van der Waals surface area (Å²) in [4.78, 5) is 16.4. The Morgan fingerprint density at radius 3 is 2.21 bits per heavy atom. The second-order valence-corrected chi connectivity index (χ2v) is 11.4. The molecule has 3 aromatic rings. The van der Waals surface area contributed by atoms with Gasteiger partial charge in [0.05, 0.1) is 10.6 Å². The van der Waals surface area contributed by atoms with E-state index in [4.69, 9.17) is 0 Å². The third-order valence-corrected chi connectivity index (χ3v) is 8.24. The van der Waals surface area contributed by atoms with E-state index in [1.165, 1.54) is 56.7 Å². The zero-order valence-corrected chi connectivity index (χ0v) is 19.9. The predicted octanol–water partition coefficient (Wildman–Crippen LogP) is 2.33. The molecule has 10 nitrogen and oxygen atoms in total. The van der Waals surface area contributed by atoms with Gasteiger partial charge in [0.2, 0.25) is 5.91 Å². The van der Waals surface area contributed by atoms with Crippen LogP contribution in [-0.4, -0.2) is 52.7 Å². The van der Waals surface area contributed by atoms with Crippen LogP contribution in [0.5, 0.6) is 0 Å². The number of hydrogen-bond donors (Lipinski definition) is 2. The molecule has 1 aromatic heterocycles. The summed E-state index contributed by atoms with van der Waals surface area (Å²) in [7, 11) is -5.29. The van der Waals surface area contributed by atoms with Gasteiger partial charge in [0.25, 0.3) is 10.0 Å². The molecule has 3 rings (SSSR count). The largest absolute Gasteiger partial charge is 0.325 e. The molecule has 0 fully saturated rings. The zero-order valence-electron chi connectivity index (χ0n) is 17.5. The van der Waals surface area contributed by atoms with Crippen LogP contribution >= 0.6 is 11.3 Å². The second-order valence-electron chi connectivity index (χ2n) is 6.79. The number of benzene rings is 2. The Labute approximate surface area is 194 Å². The molecule has 0 saturated heterocycles. The summed E-state index contributed by atoms with van der Waals surface area (Å²) in [5.41, 5.74) is 0.365. The van der Waals surface area contributed by atoms with Crippen LogP contribution in [0.4, 0.5) is 20.9 Å². The van der Waals surface area contributed by atoms with Gasteiger partial charge in [-0.15, -0.1) is 11.3 Å². The highest BCUT2D eigenvalue weighted by Crippen LogP contribution is 2.22. The SMILES string of the molecule is CN(C)S(=O)(=O)N(CC(=O)Nc1ccc(S(=O)(=O)Nc2nccs2)cc1)c1ccc(F)cc1. The maximum atomic E-state index is 13.3. The molecule has 0 radical (unpaired) electrons. The molecule has 2 aromatic carbocycles. The van der Waals surface area contributed by atoms with E-state index in [0.717, 1.165) is 32.1 Å². The maximum absolute atomic E-state index is 13.3. The lowest BCUT2D eigenvalue weighted by atomic mass is 10.3. The first-order chi connectivity index (χ1) is 15.5. The molecule has 0 unspecified atom stereocenters. The fourth-order valence-corrected chi connectivity index (χ4v) is 5.46. The Kier molecular flexibility index (Phi) is 7.31. The predicted molar refractivity (Wildman–Crippen MR) is 124 cm³/mol. The normalized spacial score (nSPS) is 11.9. The molecular formula is C19H20FN5O5S3. The van der Waals surface area contributed by atoms with E-state index in [-0.39, 0.29) is 21.4 Å². The van der Waals surface area contributed by atoms with Gasteiger partial charge in [-0.2, -0.15) is 12.7 Å². The van der Waals surface area contributed by atoms with Crippen LogP contribution in [0, 0.1) is 5.82 Å². The number of amides is 1. The minimum atomic E-state index is -4.05. The van der Waals surface area contributed by atoms with Crippen molar-refractivity contribution in [1.82, 2.24) is 9.29 Å². The van der Waals surface area contributed by atoms with Gasteiger partial charge in [-0.3, -0.25) is 9.52 Å². The van der Waals surface area contributed by atoms with Crippen LogP contribution < -0.4 is 14.3 Å². The standard InChI is InChI=1S/C19H20FN5O5S3/c1-24(2)33(29,30)25(16-7-3-14(20)4-8-16)13-18(26)22-15-5-9-17(10-6-15)32(27,28)23-19-21-11-12-31-19/h3-12H,13H2,1-2H3,(H,21,23)(H,22,26). The van der Waals surface area contributed by atoms with E-state index in [9.17, 15) is 26.0 Å². The van der Waals surface area contributed by atoms with E-state index in [1.54, 1.807) is 5.38 Å². The number of carbonyl (C=O) groups is 1. The minimum Gasteiger partial charge on any atom is -0.325 e. The number of sulfonamides is 1. The van der Waals surface area contributed by atoms with E-state index in [0.29, 0.717) is 0 Å². The number of nitrogens with one attached hydrogen (secondary N) is 2. The molecule has 1 amide bonds. The van der Waals surface area contributed by atoms with Gasteiger partial charge in [0.1, 0.15) is 12.4 Å². The summed E-state index contributed by atoms with van der Waals surface area (Å²) in [5, 5.41) is 4.37. The lowest BCUT2D eigenvalue weighted by molar-refractivity contribution is -0.114. The molecule has 14 heteroatoms. The van der Waals surface area contributed by atoms with Crippen molar-refractivity contribution >= 4 is 54.0 Å². The number of halogens is 1. The molecule has 0 aliphatic carbocycles. The summed E-state index contributed by atoms with van der Waals surface area (Å²) < 4.78 is 67.5. The zero-order chi connectivity index (χ0) is 24.2. The van der Waals surface area contributed by atoms with Gasteiger partial charge < -0.3 is 5.32 Å². The Morgan fingerprint density at radius 1 is 1.03 bits per heavy atom. The molecule has 0 bridgehead atoms. The summed E-state index contributed by atoms with van der Waals surface area (Å²) in [6.07, 6.45) is 1.47. The summed E-state index contributed by atoms with van der Waals surface area (Å²) in [5.74, 6) is -1.23. The van der Waals surface area contributed by atoms with Crippen molar-refractivity contribution in [2.45, 2.75) is 4.90 Å². The van der Waals surface area contributed by atoms with Crippen molar-refractivity contribution in [3.05, 3.63) is 65.9 Å². The van der Waals surface area contributed by atoms with Crippen LogP contribution in [0.2, 0.25) is 0 Å². The third kappa shape index (κ3) is 6.04. The third-order valence-electron chi connectivity index (χ3n) is 4.24. The van der Waals surface area contributed by atoms with E-state index >= 15 is 0 Å². The van der Waals surface area contributed by atoms with Crippen LogP contribution in [0.25, 0.3) is 0 Å². The molecule has 1 heterocycles. The Hall–Kier alpha value is -3.07. The van der Waals surface area contributed by atoms with Crippen molar-refractivity contribution in [1.29, 1.82) is 0 Å². The van der Waals surface area contributed by atoms with Crippen LogP contribution in [0.15, 0.2) is 65.0 Å². The summed E-state index contributed by atoms with van der Waals surface area (Å²) in [6, 6.07) is 10.00. The minimum absolute atomic E-state index is 0.0428. The molecule has 0 saturated carbocycles. The van der Waals surface area contributed by atoms with Crippen molar-refractivity contribution in [2.75, 3.05) is 35.0 Å². The summed E-state index contributed by atoms with van der Waals surface area (Å²) in [6.45, 7) is -0.586. The number of hydrogen-bond acceptors (Lipinski definition) is 7. The lowest BCUT2D eigenvalue weighted by Gasteiger charge is -2.26. The Morgan fingerprint density at radius 2 is 1.67 bits per heavy atom. The molecule has 0 aliphatic heterocycles. The first kappa shape index (κ1) is 24.6. The van der Waals surface area contributed by atoms with Gasteiger partial charge >= 0.3 is 10.2 Å². The molecule has 176 valence electrons. The maximum Gasteiger partial charge on any atom is 0.304 e. The van der Waals surface area contributed by atoms with Crippen molar-refractivity contribution in [2.24, 2.45) is 0 Å². The Balaban J connectivity index is 1.74. The van der Waals surface area contributed by atoms with Crippen LogP contribution in [-0.2, 0) is 25.0 Å². The van der Waals surface area contributed by atoms with Crippen LogP contribution in [0.1, 0.15) is 0 Å². The summed E-state index contributed by atoms with van der Waals surface area (Å²) >= 11 is 1.13. The molecular weight excluding hydrogens is 493 g/mol. The molecule has 0 spiro atoms. The van der Waals surface area contributed by atoms with Crippen molar-refractivity contribution < 1.29 is 26.0 Å². The van der Waals surface area contributed by atoms with Crippen molar-refractivity contribution in [3.8, 4) is 0 Å². The highest BCUT2D eigenvalue weighted by molar-refractivity contribution is 7.93. The average molecular weight is 514 g/mol. The second kappa shape index (κ2) is 9.82. The average Bonchev–Trinajstić information content (AvgIpc) is 3.25. The van der Waals surface area contributed by atoms with Gasteiger partial charge in [0, 0.05) is 31.4 Å². The van der Waals surface area contributed by atoms with E-state index in [2.05, 4.69) is 15.0 Å². The molecule has 0 atom stereocenters. The topological polar surface area (TPSA) is 129 Å². The number of anilines is 3. The molecule has 2 N–H and O–H groups in total. The van der Waals surface area contributed by atoms with Crippen molar-refractivity contribution in [3.63, 3.8) is 0 Å². The first-order valence-electron chi connectivity index (χ1n) is 9.27. The van der Waals surface area contributed by atoms with E-state index < -0.39 is 38.5 Å². The highest BCUT2D eigenvalue weighted by Gasteiger charge is 2.27. The number of rotatable bonds is 9. The van der Waals surface area contributed by atoms with Gasteiger partial charge in [-0.25, -0.2) is 22.1 Å². The lowest BCUT2D eigenvalue weighted by Crippen LogP contribution is -2.44. The van der Waals surface area contributed by atoms with Gasteiger partial charge in [-0.05, 0) is 48.5 Å². The number of aromatic nitrogens is 1. The van der Waals surface area contributed by atoms with E-state index in [1.807, 2.05) is 0 Å². The molecule has 33 heavy (non-hydrogen) atoms.